The van der Waals surface area contributed by atoms with Crippen molar-refractivity contribution in [1.82, 2.24) is 4.90 Å². The fourth-order valence-electron chi connectivity index (χ4n) is 3.40. The molecule has 0 spiro atoms. The third kappa shape index (κ3) is 3.48. The average molecular weight is 329 g/mol. The summed E-state index contributed by atoms with van der Waals surface area (Å²) in [7, 11) is 0. The Hall–Kier alpha value is -1.65. The van der Waals surface area contributed by atoms with Gasteiger partial charge in [-0.2, -0.15) is 0 Å². The van der Waals surface area contributed by atoms with Crippen LogP contribution < -0.4 is 0 Å². The second-order valence-corrected chi connectivity index (χ2v) is 7.67. The van der Waals surface area contributed by atoms with Crippen LogP contribution in [0.3, 0.4) is 0 Å². The first-order valence-corrected chi connectivity index (χ1v) is 8.99. The maximum atomic E-state index is 11.8. The zero-order valence-corrected chi connectivity index (χ0v) is 14.5. The molecule has 1 saturated heterocycles. The highest BCUT2D eigenvalue weighted by Gasteiger charge is 2.35. The summed E-state index contributed by atoms with van der Waals surface area (Å²) in [5, 5.41) is 9.66. The van der Waals surface area contributed by atoms with Crippen LogP contribution in [-0.4, -0.2) is 28.6 Å². The number of carbonyl (C=O) groups is 1. The van der Waals surface area contributed by atoms with Crippen molar-refractivity contribution < 1.29 is 9.90 Å². The number of rotatable bonds is 4. The lowest BCUT2D eigenvalue weighted by molar-refractivity contribution is -0.145. The molecule has 1 aromatic heterocycles. The fraction of sp³-hybridized carbons (Fsp3) is 0.421. The van der Waals surface area contributed by atoms with E-state index in [0.29, 0.717) is 0 Å². The summed E-state index contributed by atoms with van der Waals surface area (Å²) in [5.74, 6) is -0.699. The molecule has 0 radical (unpaired) electrons. The van der Waals surface area contributed by atoms with Crippen molar-refractivity contribution in [3.8, 4) is 0 Å². The van der Waals surface area contributed by atoms with Crippen LogP contribution in [0.2, 0.25) is 0 Å². The Kier molecular flexibility index (Phi) is 4.83. The molecule has 0 saturated carbocycles. The van der Waals surface area contributed by atoms with E-state index in [0.717, 1.165) is 25.8 Å². The van der Waals surface area contributed by atoms with Gasteiger partial charge in [0.15, 0.2) is 0 Å². The first kappa shape index (κ1) is 16.2. The number of thiophene rings is 1. The predicted octanol–water partition coefficient (Wildman–Crippen LogP) is 4.39. The van der Waals surface area contributed by atoms with Gasteiger partial charge in [-0.1, -0.05) is 36.2 Å². The van der Waals surface area contributed by atoms with Gasteiger partial charge in [-0.05, 0) is 50.9 Å². The number of hydrogen-bond donors (Lipinski definition) is 1. The van der Waals surface area contributed by atoms with E-state index in [2.05, 4.69) is 55.1 Å². The molecule has 2 aromatic rings. The summed E-state index contributed by atoms with van der Waals surface area (Å²) in [6.07, 6.45) is 2.80. The smallest absolute Gasteiger partial charge is 0.320 e. The number of aliphatic carboxylic acids is 1. The predicted molar refractivity (Wildman–Crippen MR) is 94.1 cm³/mol. The fourth-order valence-corrected chi connectivity index (χ4v) is 4.42. The van der Waals surface area contributed by atoms with Crippen molar-refractivity contribution in [3.63, 3.8) is 0 Å². The van der Waals surface area contributed by atoms with Crippen LogP contribution in [0.25, 0.3) is 0 Å². The van der Waals surface area contributed by atoms with Crippen molar-refractivity contribution >= 4 is 17.3 Å². The Bertz CT molecular complexity index is 677. The van der Waals surface area contributed by atoms with Crippen LogP contribution in [-0.2, 0) is 4.79 Å². The molecule has 0 bridgehead atoms. The highest BCUT2D eigenvalue weighted by molar-refractivity contribution is 7.12. The standard InChI is InChI=1S/C19H23NO2S/c1-13-6-9-15(10-7-13)18(17-11-8-14(2)23-17)20-12-4-3-5-16(20)19(21)22/h6-11,16,18H,3-5,12H2,1-2H3,(H,21,22). The number of benzene rings is 1. The van der Waals surface area contributed by atoms with Gasteiger partial charge in [-0.15, -0.1) is 11.3 Å². The molecule has 1 fully saturated rings. The first-order valence-electron chi connectivity index (χ1n) is 8.17. The van der Waals surface area contributed by atoms with Crippen LogP contribution in [0, 0.1) is 13.8 Å². The minimum absolute atomic E-state index is 0.0377. The van der Waals surface area contributed by atoms with Crippen LogP contribution in [0.1, 0.15) is 46.2 Å². The number of carboxylic acid groups (broad SMARTS) is 1. The quantitative estimate of drug-likeness (QED) is 0.904. The summed E-state index contributed by atoms with van der Waals surface area (Å²) in [4.78, 5) is 16.4. The molecule has 2 heterocycles. The summed E-state index contributed by atoms with van der Waals surface area (Å²) >= 11 is 1.77. The molecule has 3 rings (SSSR count). The monoisotopic (exact) mass is 329 g/mol. The maximum absolute atomic E-state index is 11.8. The van der Waals surface area contributed by atoms with Crippen molar-refractivity contribution in [2.45, 2.75) is 45.2 Å². The Morgan fingerprint density at radius 3 is 2.52 bits per heavy atom. The van der Waals surface area contributed by atoms with Crippen LogP contribution >= 0.6 is 11.3 Å². The molecule has 4 heteroatoms. The van der Waals surface area contributed by atoms with E-state index in [1.54, 1.807) is 11.3 Å². The Morgan fingerprint density at radius 1 is 1.17 bits per heavy atom. The van der Waals surface area contributed by atoms with E-state index in [1.165, 1.54) is 20.9 Å². The SMILES string of the molecule is Cc1ccc(C(c2ccc(C)s2)N2CCCCC2C(=O)O)cc1. The van der Waals surface area contributed by atoms with Gasteiger partial charge in [0.1, 0.15) is 6.04 Å². The molecule has 1 N–H and O–H groups in total. The number of aryl methyl sites for hydroxylation is 2. The molecule has 1 aliphatic heterocycles. The van der Waals surface area contributed by atoms with Gasteiger partial charge in [0.2, 0.25) is 0 Å². The summed E-state index contributed by atoms with van der Waals surface area (Å²) in [6.45, 7) is 5.02. The topological polar surface area (TPSA) is 40.5 Å². The molecular formula is C19H23NO2S. The minimum Gasteiger partial charge on any atom is -0.480 e. The lowest BCUT2D eigenvalue weighted by atomic mass is 9.95. The molecular weight excluding hydrogens is 306 g/mol. The third-order valence-corrected chi connectivity index (χ3v) is 5.64. The zero-order valence-electron chi connectivity index (χ0n) is 13.7. The summed E-state index contributed by atoms with van der Waals surface area (Å²) in [5.41, 5.74) is 2.41. The molecule has 1 aliphatic rings. The molecule has 2 unspecified atom stereocenters. The molecule has 2 atom stereocenters. The van der Waals surface area contributed by atoms with Crippen molar-refractivity contribution in [2.75, 3.05) is 6.54 Å². The van der Waals surface area contributed by atoms with Gasteiger partial charge >= 0.3 is 5.97 Å². The third-order valence-electron chi connectivity index (χ3n) is 4.58. The lowest BCUT2D eigenvalue weighted by Gasteiger charge is -2.39. The van der Waals surface area contributed by atoms with Crippen molar-refractivity contribution in [3.05, 3.63) is 57.3 Å². The first-order chi connectivity index (χ1) is 11.1. The number of hydrogen-bond acceptors (Lipinski definition) is 3. The van der Waals surface area contributed by atoms with Crippen LogP contribution in [0.5, 0.6) is 0 Å². The Balaban J connectivity index is 2.03. The molecule has 0 aliphatic carbocycles. The van der Waals surface area contributed by atoms with Gasteiger partial charge in [-0.3, -0.25) is 9.69 Å². The number of likely N-dealkylation sites (tertiary alicyclic amines) is 1. The lowest BCUT2D eigenvalue weighted by Crippen LogP contribution is -2.46. The van der Waals surface area contributed by atoms with Gasteiger partial charge < -0.3 is 5.11 Å². The van der Waals surface area contributed by atoms with Gasteiger partial charge in [-0.25, -0.2) is 0 Å². The molecule has 23 heavy (non-hydrogen) atoms. The molecule has 0 amide bonds. The van der Waals surface area contributed by atoms with E-state index in [4.69, 9.17) is 0 Å². The maximum Gasteiger partial charge on any atom is 0.320 e. The van der Waals surface area contributed by atoms with Crippen LogP contribution in [0.4, 0.5) is 0 Å². The van der Waals surface area contributed by atoms with E-state index in [9.17, 15) is 9.90 Å². The Labute approximate surface area is 141 Å². The highest BCUT2D eigenvalue weighted by atomic mass is 32.1. The highest BCUT2D eigenvalue weighted by Crippen LogP contribution is 2.37. The molecule has 122 valence electrons. The second kappa shape index (κ2) is 6.85. The summed E-state index contributed by atoms with van der Waals surface area (Å²) in [6, 6.07) is 12.4. The normalized spacial score (nSPS) is 20.3. The Morgan fingerprint density at radius 2 is 1.91 bits per heavy atom. The zero-order chi connectivity index (χ0) is 16.4. The van der Waals surface area contributed by atoms with Crippen molar-refractivity contribution in [1.29, 1.82) is 0 Å². The number of nitrogens with zero attached hydrogens (tertiary/aromatic N) is 1. The number of piperidine rings is 1. The van der Waals surface area contributed by atoms with E-state index in [1.807, 2.05) is 0 Å². The van der Waals surface area contributed by atoms with E-state index < -0.39 is 12.0 Å². The summed E-state index contributed by atoms with van der Waals surface area (Å²) < 4.78 is 0. The van der Waals surface area contributed by atoms with Crippen molar-refractivity contribution in [2.24, 2.45) is 0 Å². The molecule has 1 aromatic carbocycles. The average Bonchev–Trinajstić information content (AvgIpc) is 2.96. The largest absolute Gasteiger partial charge is 0.480 e. The van der Waals surface area contributed by atoms with Crippen LogP contribution in [0.15, 0.2) is 36.4 Å². The second-order valence-electron chi connectivity index (χ2n) is 6.35. The van der Waals surface area contributed by atoms with E-state index >= 15 is 0 Å². The van der Waals surface area contributed by atoms with Gasteiger partial charge in [0.25, 0.3) is 0 Å². The van der Waals surface area contributed by atoms with Gasteiger partial charge in [0.05, 0.1) is 6.04 Å². The van der Waals surface area contributed by atoms with E-state index in [-0.39, 0.29) is 6.04 Å². The number of carboxylic acids is 1. The van der Waals surface area contributed by atoms with Gasteiger partial charge in [0, 0.05) is 9.75 Å². The minimum atomic E-state index is -0.699. The molecule has 3 nitrogen and oxygen atoms in total.